The number of thiophene rings is 1. The number of aromatic nitrogens is 2. The Bertz CT molecular complexity index is 1150. The number of benzene rings is 1. The van der Waals surface area contributed by atoms with Gasteiger partial charge in [0, 0.05) is 5.56 Å². The molecule has 8 nitrogen and oxygen atoms in total. The van der Waals surface area contributed by atoms with E-state index in [9.17, 15) is 19.2 Å². The van der Waals surface area contributed by atoms with E-state index in [2.05, 4.69) is 9.97 Å². The SMILES string of the molecule is COC(=O)CC(Sc1nc2sc(C(N)=O)c(C)c2c(=O)[nH]1)C(=O)c1ccccc1. The molecule has 3 N–H and O–H groups in total. The van der Waals surface area contributed by atoms with Crippen LogP contribution in [0.1, 0.15) is 32.0 Å². The van der Waals surface area contributed by atoms with Crippen LogP contribution < -0.4 is 11.3 Å². The van der Waals surface area contributed by atoms with E-state index in [1.54, 1.807) is 37.3 Å². The number of amides is 1. The van der Waals surface area contributed by atoms with Crippen molar-refractivity contribution >= 4 is 51.0 Å². The van der Waals surface area contributed by atoms with Crippen LogP contribution in [0.4, 0.5) is 0 Å². The van der Waals surface area contributed by atoms with Crippen LogP contribution in [0.5, 0.6) is 0 Å². The smallest absolute Gasteiger partial charge is 0.307 e. The van der Waals surface area contributed by atoms with Crippen molar-refractivity contribution in [3.63, 3.8) is 0 Å². The monoisotopic (exact) mass is 431 g/mol. The van der Waals surface area contributed by atoms with Crippen LogP contribution >= 0.6 is 23.1 Å². The number of ether oxygens (including phenoxy) is 1. The van der Waals surface area contributed by atoms with Crippen LogP contribution in [0.2, 0.25) is 0 Å². The lowest BCUT2D eigenvalue weighted by atomic mass is 10.1. The minimum atomic E-state index is -0.845. The zero-order valence-electron chi connectivity index (χ0n) is 15.6. The van der Waals surface area contributed by atoms with E-state index in [0.717, 1.165) is 23.1 Å². The number of H-pyrrole nitrogens is 1. The number of nitrogens with one attached hydrogen (secondary N) is 1. The number of carbonyl (C=O) groups excluding carboxylic acids is 3. The van der Waals surface area contributed by atoms with Crippen molar-refractivity contribution in [1.82, 2.24) is 9.97 Å². The molecule has 3 rings (SSSR count). The number of ketones is 1. The number of thioether (sulfide) groups is 1. The highest BCUT2D eigenvalue weighted by Gasteiger charge is 2.27. The molecule has 1 unspecified atom stereocenters. The number of aryl methyl sites for hydroxylation is 1. The van der Waals surface area contributed by atoms with Gasteiger partial charge in [0.15, 0.2) is 10.9 Å². The van der Waals surface area contributed by atoms with E-state index in [4.69, 9.17) is 10.5 Å². The quantitative estimate of drug-likeness (QED) is 0.254. The molecule has 0 spiro atoms. The van der Waals surface area contributed by atoms with Crippen molar-refractivity contribution in [2.45, 2.75) is 23.8 Å². The molecule has 1 atom stereocenters. The summed E-state index contributed by atoms with van der Waals surface area (Å²) in [6.07, 6.45) is -0.188. The van der Waals surface area contributed by atoms with Crippen molar-refractivity contribution in [1.29, 1.82) is 0 Å². The first-order valence-corrected chi connectivity index (χ1v) is 10.2. The predicted molar refractivity (Wildman–Crippen MR) is 111 cm³/mol. The van der Waals surface area contributed by atoms with Crippen molar-refractivity contribution in [3.8, 4) is 0 Å². The highest BCUT2D eigenvalue weighted by atomic mass is 32.2. The predicted octanol–water partition coefficient (Wildman–Crippen LogP) is 2.30. The third-order valence-corrected chi connectivity index (χ3v) is 6.47. The average Bonchev–Trinajstić information content (AvgIpc) is 3.04. The summed E-state index contributed by atoms with van der Waals surface area (Å²) < 4.78 is 4.70. The number of methoxy groups -OCH3 is 1. The molecule has 0 bridgehead atoms. The third kappa shape index (κ3) is 4.38. The Labute approximate surface area is 173 Å². The van der Waals surface area contributed by atoms with Gasteiger partial charge in [0.25, 0.3) is 11.5 Å². The summed E-state index contributed by atoms with van der Waals surface area (Å²) in [5.74, 6) is -1.48. The number of fused-ring (bicyclic) bond motifs is 1. The molecule has 2 heterocycles. The summed E-state index contributed by atoms with van der Waals surface area (Å²) >= 11 is 1.98. The van der Waals surface area contributed by atoms with E-state index in [0.29, 0.717) is 16.0 Å². The summed E-state index contributed by atoms with van der Waals surface area (Å²) in [6, 6.07) is 8.52. The van der Waals surface area contributed by atoms with Gasteiger partial charge >= 0.3 is 5.97 Å². The fourth-order valence-electron chi connectivity index (χ4n) is 2.76. The summed E-state index contributed by atoms with van der Waals surface area (Å²) in [4.78, 5) is 56.4. The Morgan fingerprint density at radius 3 is 2.59 bits per heavy atom. The maximum Gasteiger partial charge on any atom is 0.307 e. The Balaban J connectivity index is 1.99. The number of hydrogen-bond donors (Lipinski definition) is 2. The van der Waals surface area contributed by atoms with Crippen molar-refractivity contribution in [2.24, 2.45) is 5.73 Å². The van der Waals surface area contributed by atoms with E-state index in [1.807, 2.05) is 0 Å². The number of hydrogen-bond acceptors (Lipinski definition) is 8. The molecule has 10 heteroatoms. The van der Waals surface area contributed by atoms with E-state index in [1.165, 1.54) is 7.11 Å². The van der Waals surface area contributed by atoms with Gasteiger partial charge in [-0.15, -0.1) is 11.3 Å². The van der Waals surface area contributed by atoms with Crippen LogP contribution in [0.25, 0.3) is 10.2 Å². The molecule has 0 aliphatic rings. The summed E-state index contributed by atoms with van der Waals surface area (Å²) in [5.41, 5.74) is 5.81. The van der Waals surface area contributed by atoms with Gasteiger partial charge in [0.05, 0.1) is 29.0 Å². The molecule has 0 saturated heterocycles. The zero-order chi connectivity index (χ0) is 21.1. The van der Waals surface area contributed by atoms with Gasteiger partial charge in [-0.25, -0.2) is 4.98 Å². The molecular formula is C19H17N3O5S2. The Kier molecular flexibility index (Phi) is 6.14. The second-order valence-electron chi connectivity index (χ2n) is 6.09. The van der Waals surface area contributed by atoms with Gasteiger partial charge in [0.1, 0.15) is 4.83 Å². The fraction of sp³-hybridized carbons (Fsp3) is 0.211. The topological polar surface area (TPSA) is 132 Å². The maximum atomic E-state index is 12.9. The molecule has 0 fully saturated rings. The normalized spacial score (nSPS) is 11.9. The van der Waals surface area contributed by atoms with Gasteiger partial charge in [-0.05, 0) is 12.5 Å². The largest absolute Gasteiger partial charge is 0.469 e. The van der Waals surface area contributed by atoms with Crippen molar-refractivity contribution in [2.75, 3.05) is 7.11 Å². The first-order chi connectivity index (χ1) is 13.8. The minimum absolute atomic E-state index is 0.165. The fourth-order valence-corrected chi connectivity index (χ4v) is 4.88. The molecule has 0 aliphatic carbocycles. The number of primary amides is 1. The first-order valence-electron chi connectivity index (χ1n) is 8.47. The molecule has 29 heavy (non-hydrogen) atoms. The van der Waals surface area contributed by atoms with E-state index in [-0.39, 0.29) is 27.6 Å². The third-order valence-electron chi connectivity index (χ3n) is 4.19. The highest BCUT2D eigenvalue weighted by Crippen LogP contribution is 2.30. The Morgan fingerprint density at radius 2 is 1.97 bits per heavy atom. The molecule has 0 radical (unpaired) electrons. The number of carbonyl (C=O) groups is 3. The number of esters is 1. The molecule has 0 saturated carbocycles. The number of nitrogens with two attached hydrogens (primary N) is 1. The molecule has 1 aromatic carbocycles. The van der Waals surface area contributed by atoms with Crippen LogP contribution in [0, 0.1) is 6.92 Å². The summed E-state index contributed by atoms with van der Waals surface area (Å²) in [5, 5.41) is -0.396. The summed E-state index contributed by atoms with van der Waals surface area (Å²) in [6.45, 7) is 1.63. The molecule has 150 valence electrons. The minimum Gasteiger partial charge on any atom is -0.469 e. The van der Waals surface area contributed by atoms with Crippen LogP contribution in [0.3, 0.4) is 0 Å². The zero-order valence-corrected chi connectivity index (χ0v) is 17.2. The molecule has 2 aromatic heterocycles. The second-order valence-corrected chi connectivity index (χ2v) is 8.28. The van der Waals surface area contributed by atoms with Gasteiger partial charge in [-0.2, -0.15) is 0 Å². The Morgan fingerprint density at radius 1 is 1.28 bits per heavy atom. The number of Topliss-reactive ketones (excluding diaryl/α,β-unsaturated/α-hetero) is 1. The van der Waals surface area contributed by atoms with Crippen LogP contribution in [0.15, 0.2) is 40.3 Å². The molecule has 1 amide bonds. The van der Waals surface area contributed by atoms with E-state index < -0.39 is 22.7 Å². The lowest BCUT2D eigenvalue weighted by Crippen LogP contribution is -2.23. The molecule has 3 aromatic rings. The molecule has 0 aliphatic heterocycles. The molecular weight excluding hydrogens is 414 g/mol. The average molecular weight is 431 g/mol. The lowest BCUT2D eigenvalue weighted by Gasteiger charge is -2.13. The van der Waals surface area contributed by atoms with Crippen LogP contribution in [-0.2, 0) is 9.53 Å². The standard InChI is InChI=1S/C19H17N3O5S2/c1-9-13-17(26)21-19(22-18(13)29-15(9)16(20)25)28-11(8-12(23)27-2)14(24)10-6-4-3-5-7-10/h3-7,11H,8H2,1-2H3,(H2,20,25)(H,21,22,26). The van der Waals surface area contributed by atoms with Crippen molar-refractivity contribution in [3.05, 3.63) is 56.7 Å². The lowest BCUT2D eigenvalue weighted by molar-refractivity contribution is -0.140. The second kappa shape index (κ2) is 8.58. The van der Waals surface area contributed by atoms with Crippen molar-refractivity contribution < 1.29 is 19.1 Å². The van der Waals surface area contributed by atoms with Gasteiger partial charge in [-0.1, -0.05) is 42.1 Å². The summed E-state index contributed by atoms with van der Waals surface area (Å²) in [7, 11) is 1.24. The number of nitrogens with zero attached hydrogens (tertiary/aromatic N) is 1. The highest BCUT2D eigenvalue weighted by molar-refractivity contribution is 8.00. The van der Waals surface area contributed by atoms with Gasteiger partial charge in [0.2, 0.25) is 0 Å². The van der Waals surface area contributed by atoms with Gasteiger partial charge < -0.3 is 15.5 Å². The van der Waals surface area contributed by atoms with E-state index >= 15 is 0 Å². The van der Waals surface area contributed by atoms with Gasteiger partial charge in [-0.3, -0.25) is 19.2 Å². The first kappa shape index (κ1) is 20.7. The number of aromatic amines is 1. The van der Waals surface area contributed by atoms with Crippen LogP contribution in [-0.4, -0.2) is 40.0 Å². The maximum absolute atomic E-state index is 12.9. The Hall–Kier alpha value is -2.98. The number of rotatable bonds is 7.